The van der Waals surface area contributed by atoms with Gasteiger partial charge in [-0.15, -0.1) is 0 Å². The molecule has 2 heterocycles. The quantitative estimate of drug-likeness (QED) is 0.731. The maximum atomic E-state index is 12.5. The Bertz CT molecular complexity index is 686. The van der Waals surface area contributed by atoms with Crippen LogP contribution in [0, 0.1) is 0 Å². The summed E-state index contributed by atoms with van der Waals surface area (Å²) in [6, 6.07) is 3.81. The number of amides is 4. The second-order valence-corrected chi connectivity index (χ2v) is 4.77. The minimum absolute atomic E-state index is 0.0848. The lowest BCUT2D eigenvalue weighted by molar-refractivity contribution is -0.143. The number of benzene rings is 1. The summed E-state index contributed by atoms with van der Waals surface area (Å²) in [5.41, 5.74) is 0.655. The van der Waals surface area contributed by atoms with Crippen LogP contribution in [0.15, 0.2) is 24.2 Å². The largest absolute Gasteiger partial charge is 0.295 e. The summed E-state index contributed by atoms with van der Waals surface area (Å²) < 4.78 is 7.76. The lowest BCUT2D eigenvalue weighted by atomic mass is 9.95. The molecule has 1 saturated heterocycles. The molecule has 6 nitrogen and oxygen atoms in total. The number of rotatable bonds is 1. The Balaban J connectivity index is 1.98. The molecular weight excluding hydrogens is 260 g/mol. The van der Waals surface area contributed by atoms with Crippen LogP contribution < -0.4 is 5.32 Å². The van der Waals surface area contributed by atoms with E-state index in [1.165, 1.54) is 6.07 Å². The van der Waals surface area contributed by atoms with Gasteiger partial charge in [0.1, 0.15) is 6.04 Å². The van der Waals surface area contributed by atoms with Crippen LogP contribution in [0.2, 0.25) is 0 Å². The molecule has 1 atom stereocenters. The highest BCUT2D eigenvalue weighted by Gasteiger charge is 2.41. The van der Waals surface area contributed by atoms with Gasteiger partial charge in [-0.05, 0) is 18.1 Å². The fourth-order valence-corrected chi connectivity index (χ4v) is 2.54. The van der Waals surface area contributed by atoms with Gasteiger partial charge < -0.3 is 0 Å². The Morgan fingerprint density at radius 2 is 2.05 bits per heavy atom. The van der Waals surface area contributed by atoms with Crippen molar-refractivity contribution in [2.24, 2.45) is 0 Å². The van der Waals surface area contributed by atoms with Crippen molar-refractivity contribution in [2.45, 2.75) is 25.3 Å². The van der Waals surface area contributed by atoms with Crippen molar-refractivity contribution in [2.75, 3.05) is 0 Å². The van der Waals surface area contributed by atoms with Crippen molar-refractivity contribution >= 4 is 23.6 Å². The number of hydrogen-bond acceptors (Lipinski definition) is 4. The van der Waals surface area contributed by atoms with Crippen molar-refractivity contribution in [1.29, 1.82) is 0 Å². The van der Waals surface area contributed by atoms with Crippen molar-refractivity contribution in [1.82, 2.24) is 10.2 Å². The van der Waals surface area contributed by atoms with Crippen LogP contribution in [-0.2, 0) is 20.8 Å². The van der Waals surface area contributed by atoms with Gasteiger partial charge in [-0.3, -0.25) is 29.4 Å². The van der Waals surface area contributed by atoms with E-state index < -0.39 is 29.7 Å². The highest BCUT2D eigenvalue weighted by molar-refractivity contribution is 6.13. The molecule has 0 bridgehead atoms. The third kappa shape index (κ3) is 1.89. The molecule has 3 rings (SSSR count). The predicted octanol–water partition coefficient (Wildman–Crippen LogP) is 0.0167. The zero-order valence-electron chi connectivity index (χ0n) is 11.5. The molecule has 0 saturated carbocycles. The van der Waals surface area contributed by atoms with Gasteiger partial charge in [0.25, 0.3) is 5.91 Å². The van der Waals surface area contributed by atoms with Crippen LogP contribution in [0.1, 0.15) is 30.1 Å². The molecule has 2 aliphatic heterocycles. The number of imide groups is 2. The third-order valence-electron chi connectivity index (χ3n) is 3.51. The minimum Gasteiger partial charge on any atom is -0.295 e. The molecule has 2 aliphatic rings. The first-order valence-electron chi connectivity index (χ1n) is 6.77. The lowest BCUT2D eigenvalue weighted by Gasteiger charge is -2.34. The fourth-order valence-electron chi connectivity index (χ4n) is 2.54. The summed E-state index contributed by atoms with van der Waals surface area (Å²) in [5.74, 6) is -2.12. The van der Waals surface area contributed by atoms with E-state index in [1.807, 2.05) is 0 Å². The second-order valence-electron chi connectivity index (χ2n) is 4.77. The molecule has 1 aromatic rings. The first-order valence-corrected chi connectivity index (χ1v) is 6.27. The zero-order valence-corrected chi connectivity index (χ0v) is 10.5. The van der Waals surface area contributed by atoms with Gasteiger partial charge >= 0.3 is 0 Å². The second kappa shape index (κ2) is 4.56. The summed E-state index contributed by atoms with van der Waals surface area (Å²) in [4.78, 5) is 48.6. The Morgan fingerprint density at radius 3 is 2.80 bits per heavy atom. The van der Waals surface area contributed by atoms with Crippen LogP contribution in [0.5, 0.6) is 0 Å². The Hall–Kier alpha value is -2.50. The molecule has 1 fully saturated rings. The number of nitrogens with one attached hydrogen (secondary N) is 1. The maximum Gasteiger partial charge on any atom is 0.261 e. The molecule has 4 amide bonds. The molecule has 6 heteroatoms. The van der Waals surface area contributed by atoms with Gasteiger partial charge in [0.2, 0.25) is 17.7 Å². The molecular formula is C14H12N2O4. The third-order valence-corrected chi connectivity index (χ3v) is 3.51. The highest BCUT2D eigenvalue weighted by atomic mass is 16.2. The van der Waals surface area contributed by atoms with Crippen LogP contribution >= 0.6 is 0 Å². The van der Waals surface area contributed by atoms with E-state index in [0.29, 0.717) is 5.56 Å². The van der Waals surface area contributed by atoms with Gasteiger partial charge in [0, 0.05) is 12.0 Å². The highest BCUT2D eigenvalue weighted by Crippen LogP contribution is 2.24. The van der Waals surface area contributed by atoms with Crippen LogP contribution in [-0.4, -0.2) is 34.6 Å². The van der Waals surface area contributed by atoms with Gasteiger partial charge in [-0.25, -0.2) is 0 Å². The van der Waals surface area contributed by atoms with Crippen molar-refractivity contribution in [3.63, 3.8) is 0 Å². The molecule has 1 N–H and O–H groups in total. The van der Waals surface area contributed by atoms with E-state index in [9.17, 15) is 19.2 Å². The predicted molar refractivity (Wildman–Crippen MR) is 67.5 cm³/mol. The molecule has 1 aromatic carbocycles. The average Bonchev–Trinajstić information content (AvgIpc) is 2.42. The summed E-state index contributed by atoms with van der Waals surface area (Å²) >= 11 is 0. The SMILES string of the molecule is [2H]c1cccc2c1CC(=O)N(C1CCC(=O)NC1=O)C2=O. The Labute approximate surface area is 116 Å². The van der Waals surface area contributed by atoms with Crippen LogP contribution in [0.3, 0.4) is 0 Å². The first-order chi connectivity index (χ1) is 9.99. The van der Waals surface area contributed by atoms with Crippen molar-refractivity contribution in [3.05, 3.63) is 35.4 Å². The number of hydrogen-bond donors (Lipinski definition) is 1. The van der Waals surface area contributed by atoms with Gasteiger partial charge in [0.15, 0.2) is 0 Å². The van der Waals surface area contributed by atoms with E-state index in [1.54, 1.807) is 12.1 Å². The fraction of sp³-hybridized carbons (Fsp3) is 0.286. The maximum absolute atomic E-state index is 12.5. The molecule has 102 valence electrons. The van der Waals surface area contributed by atoms with E-state index in [2.05, 4.69) is 5.32 Å². The number of carbonyl (C=O) groups excluding carboxylic acids is 4. The van der Waals surface area contributed by atoms with E-state index in [0.717, 1.165) is 4.90 Å². The van der Waals surface area contributed by atoms with Crippen molar-refractivity contribution in [3.8, 4) is 0 Å². The number of nitrogens with zero attached hydrogens (tertiary/aromatic N) is 1. The Morgan fingerprint density at radius 1 is 1.25 bits per heavy atom. The van der Waals surface area contributed by atoms with E-state index in [4.69, 9.17) is 1.37 Å². The summed E-state index contributed by atoms with van der Waals surface area (Å²) in [6.07, 6.45) is 0.148. The van der Waals surface area contributed by atoms with Gasteiger partial charge in [0.05, 0.1) is 7.79 Å². The van der Waals surface area contributed by atoms with Crippen LogP contribution in [0.25, 0.3) is 0 Å². The lowest BCUT2D eigenvalue weighted by Crippen LogP contribution is -2.57. The summed E-state index contributed by atoms with van der Waals surface area (Å²) in [7, 11) is 0. The standard InChI is InChI=1S/C14H12N2O4/c17-11-6-5-10(13(19)15-11)16-12(18)7-8-3-1-2-4-9(8)14(16)20/h1-4,10H,5-7H2,(H,15,17,19)/i3D. The minimum atomic E-state index is -0.953. The molecule has 1 unspecified atom stereocenters. The molecule has 0 radical (unpaired) electrons. The number of piperidine rings is 1. The smallest absolute Gasteiger partial charge is 0.261 e. The average molecular weight is 273 g/mol. The monoisotopic (exact) mass is 273 g/mol. The summed E-state index contributed by atoms with van der Waals surface area (Å²) in [5, 5.41) is 2.14. The molecule has 0 spiro atoms. The van der Waals surface area contributed by atoms with Crippen molar-refractivity contribution < 1.29 is 20.5 Å². The molecule has 20 heavy (non-hydrogen) atoms. The summed E-state index contributed by atoms with van der Waals surface area (Å²) in [6.45, 7) is 0. The molecule has 0 aliphatic carbocycles. The normalized spacial score (nSPS) is 23.3. The molecule has 0 aromatic heterocycles. The topological polar surface area (TPSA) is 83.6 Å². The first kappa shape index (κ1) is 11.3. The Kier molecular flexibility index (Phi) is 2.58. The van der Waals surface area contributed by atoms with E-state index >= 15 is 0 Å². The van der Waals surface area contributed by atoms with E-state index in [-0.39, 0.29) is 30.9 Å². The number of fused-ring (bicyclic) bond motifs is 1. The van der Waals surface area contributed by atoms with Crippen LogP contribution in [0.4, 0.5) is 0 Å². The number of carbonyl (C=O) groups is 4. The van der Waals surface area contributed by atoms with Gasteiger partial charge in [-0.1, -0.05) is 18.2 Å². The zero-order chi connectivity index (χ0) is 15.1. The van der Waals surface area contributed by atoms with Gasteiger partial charge in [-0.2, -0.15) is 0 Å².